The van der Waals surface area contributed by atoms with Gasteiger partial charge in [0.2, 0.25) is 0 Å². The van der Waals surface area contributed by atoms with Gasteiger partial charge in [0.15, 0.2) is 0 Å². The second kappa shape index (κ2) is 6.18. The van der Waals surface area contributed by atoms with E-state index in [4.69, 9.17) is 4.74 Å². The smallest absolute Gasteiger partial charge is 0.307 e. The van der Waals surface area contributed by atoms with Crippen molar-refractivity contribution in [3.05, 3.63) is 36.5 Å². The lowest BCUT2D eigenvalue weighted by atomic mass is 10.1. The molecule has 0 aliphatic carbocycles. The van der Waals surface area contributed by atoms with Crippen molar-refractivity contribution in [1.29, 1.82) is 0 Å². The summed E-state index contributed by atoms with van der Waals surface area (Å²) >= 11 is 0. The molecule has 0 spiro atoms. The van der Waals surface area contributed by atoms with Crippen LogP contribution in [-0.4, -0.2) is 31.2 Å². The molecule has 0 saturated heterocycles. The van der Waals surface area contributed by atoms with Crippen LogP contribution in [0.1, 0.15) is 13.3 Å². The number of benzene rings is 1. The van der Waals surface area contributed by atoms with Crippen molar-refractivity contribution < 1.29 is 9.53 Å². The predicted molar refractivity (Wildman–Crippen MR) is 76.3 cm³/mol. The number of rotatable bonds is 5. The monoisotopic (exact) mass is 258 g/mol. The molecule has 4 nitrogen and oxygen atoms in total. The molecular formula is C15H18N2O2. The number of para-hydroxylation sites is 1. The Labute approximate surface area is 113 Å². The van der Waals surface area contributed by atoms with E-state index in [9.17, 15) is 4.79 Å². The van der Waals surface area contributed by atoms with Gasteiger partial charge >= 0.3 is 5.97 Å². The first-order chi connectivity index (χ1) is 9.22. The van der Waals surface area contributed by atoms with Gasteiger partial charge in [0.05, 0.1) is 18.5 Å². The SMILES string of the molecule is CCOC(=O)CCN(C)c1ccnc2ccccc12. The van der Waals surface area contributed by atoms with Gasteiger partial charge in [-0.15, -0.1) is 0 Å². The minimum Gasteiger partial charge on any atom is -0.466 e. The number of ether oxygens (including phenoxy) is 1. The second-order valence-electron chi connectivity index (χ2n) is 4.32. The van der Waals surface area contributed by atoms with Crippen LogP contribution in [0.25, 0.3) is 10.9 Å². The van der Waals surface area contributed by atoms with Gasteiger partial charge in [-0.2, -0.15) is 0 Å². The van der Waals surface area contributed by atoms with Gasteiger partial charge in [0.1, 0.15) is 0 Å². The number of nitrogens with zero attached hydrogens (tertiary/aromatic N) is 2. The Kier molecular flexibility index (Phi) is 4.34. The molecule has 1 heterocycles. The molecule has 0 N–H and O–H groups in total. The lowest BCUT2D eigenvalue weighted by Crippen LogP contribution is -2.22. The molecule has 0 amide bonds. The summed E-state index contributed by atoms with van der Waals surface area (Å²) in [7, 11) is 1.97. The Morgan fingerprint density at radius 2 is 2.11 bits per heavy atom. The highest BCUT2D eigenvalue weighted by atomic mass is 16.5. The van der Waals surface area contributed by atoms with Crippen LogP contribution >= 0.6 is 0 Å². The van der Waals surface area contributed by atoms with Gasteiger partial charge in [-0.3, -0.25) is 9.78 Å². The Morgan fingerprint density at radius 3 is 2.89 bits per heavy atom. The Balaban J connectivity index is 2.13. The summed E-state index contributed by atoms with van der Waals surface area (Å²) in [5.74, 6) is -0.160. The number of fused-ring (bicyclic) bond motifs is 1. The van der Waals surface area contributed by atoms with Crippen molar-refractivity contribution in [3.8, 4) is 0 Å². The zero-order valence-corrected chi connectivity index (χ0v) is 11.3. The summed E-state index contributed by atoms with van der Waals surface area (Å²) in [5, 5.41) is 1.09. The van der Waals surface area contributed by atoms with E-state index in [-0.39, 0.29) is 5.97 Å². The number of aromatic nitrogens is 1. The standard InChI is InChI=1S/C15H18N2O2/c1-3-19-15(18)9-11-17(2)14-8-10-16-13-7-5-4-6-12(13)14/h4-8,10H,3,9,11H2,1-2H3. The molecule has 0 unspecified atom stereocenters. The molecule has 1 aromatic carbocycles. The third-order valence-electron chi connectivity index (χ3n) is 2.99. The van der Waals surface area contributed by atoms with E-state index in [0.29, 0.717) is 19.6 Å². The van der Waals surface area contributed by atoms with Crippen molar-refractivity contribution in [1.82, 2.24) is 4.98 Å². The summed E-state index contributed by atoms with van der Waals surface area (Å²) in [5.41, 5.74) is 2.04. The van der Waals surface area contributed by atoms with Crippen LogP contribution < -0.4 is 4.90 Å². The number of carbonyl (C=O) groups is 1. The predicted octanol–water partition coefficient (Wildman–Crippen LogP) is 2.62. The Bertz CT molecular complexity index is 564. The van der Waals surface area contributed by atoms with E-state index in [1.807, 2.05) is 44.3 Å². The Hall–Kier alpha value is -2.10. The molecule has 2 aromatic rings. The molecule has 2 rings (SSSR count). The van der Waals surface area contributed by atoms with E-state index in [2.05, 4.69) is 9.88 Å². The number of esters is 1. The zero-order chi connectivity index (χ0) is 13.7. The molecule has 0 atom stereocenters. The average molecular weight is 258 g/mol. The van der Waals surface area contributed by atoms with Crippen LogP contribution in [0.2, 0.25) is 0 Å². The van der Waals surface area contributed by atoms with Gasteiger partial charge in [-0.25, -0.2) is 0 Å². The number of hydrogen-bond donors (Lipinski definition) is 0. The summed E-state index contributed by atoms with van der Waals surface area (Å²) in [6.07, 6.45) is 2.18. The van der Waals surface area contributed by atoms with Gasteiger partial charge in [0, 0.05) is 30.9 Å². The third-order valence-corrected chi connectivity index (χ3v) is 2.99. The molecular weight excluding hydrogens is 240 g/mol. The van der Waals surface area contributed by atoms with Gasteiger partial charge in [-0.05, 0) is 19.1 Å². The molecule has 0 fully saturated rings. The highest BCUT2D eigenvalue weighted by Gasteiger charge is 2.09. The van der Waals surface area contributed by atoms with Crippen LogP contribution in [0.15, 0.2) is 36.5 Å². The summed E-state index contributed by atoms with van der Waals surface area (Å²) in [4.78, 5) is 17.8. The van der Waals surface area contributed by atoms with Crippen LogP contribution in [0.4, 0.5) is 5.69 Å². The minimum absolute atomic E-state index is 0.160. The largest absolute Gasteiger partial charge is 0.466 e. The fourth-order valence-electron chi connectivity index (χ4n) is 2.03. The first-order valence-electron chi connectivity index (χ1n) is 6.43. The molecule has 0 bridgehead atoms. The second-order valence-corrected chi connectivity index (χ2v) is 4.32. The molecule has 0 saturated carbocycles. The van der Waals surface area contributed by atoms with Crippen LogP contribution in [0, 0.1) is 0 Å². The van der Waals surface area contributed by atoms with Crippen molar-refractivity contribution in [3.63, 3.8) is 0 Å². The van der Waals surface area contributed by atoms with Crippen molar-refractivity contribution in [2.24, 2.45) is 0 Å². The Morgan fingerprint density at radius 1 is 1.32 bits per heavy atom. The highest BCUT2D eigenvalue weighted by Crippen LogP contribution is 2.24. The number of carbonyl (C=O) groups excluding carboxylic acids is 1. The van der Waals surface area contributed by atoms with Gasteiger partial charge < -0.3 is 9.64 Å². The van der Waals surface area contributed by atoms with E-state index < -0.39 is 0 Å². The minimum atomic E-state index is -0.160. The number of hydrogen-bond acceptors (Lipinski definition) is 4. The molecule has 0 aliphatic heterocycles. The van der Waals surface area contributed by atoms with Crippen LogP contribution in [0.5, 0.6) is 0 Å². The number of pyridine rings is 1. The molecule has 0 aliphatic rings. The topological polar surface area (TPSA) is 42.4 Å². The maximum atomic E-state index is 11.4. The molecule has 100 valence electrons. The fraction of sp³-hybridized carbons (Fsp3) is 0.333. The zero-order valence-electron chi connectivity index (χ0n) is 11.3. The first kappa shape index (κ1) is 13.3. The van der Waals surface area contributed by atoms with E-state index in [1.165, 1.54) is 0 Å². The fourth-order valence-corrected chi connectivity index (χ4v) is 2.03. The maximum Gasteiger partial charge on any atom is 0.307 e. The molecule has 0 radical (unpaired) electrons. The van der Waals surface area contributed by atoms with Crippen LogP contribution in [-0.2, 0) is 9.53 Å². The lowest BCUT2D eigenvalue weighted by Gasteiger charge is -2.20. The molecule has 4 heteroatoms. The van der Waals surface area contributed by atoms with E-state index in [0.717, 1.165) is 16.6 Å². The molecule has 1 aromatic heterocycles. The van der Waals surface area contributed by atoms with Gasteiger partial charge in [-0.1, -0.05) is 18.2 Å². The normalized spacial score (nSPS) is 10.4. The highest BCUT2D eigenvalue weighted by molar-refractivity contribution is 5.91. The summed E-state index contributed by atoms with van der Waals surface area (Å²) in [6, 6.07) is 9.95. The quantitative estimate of drug-likeness (QED) is 0.773. The van der Waals surface area contributed by atoms with Crippen molar-refractivity contribution in [2.75, 3.05) is 25.1 Å². The van der Waals surface area contributed by atoms with E-state index >= 15 is 0 Å². The van der Waals surface area contributed by atoms with Gasteiger partial charge in [0.25, 0.3) is 0 Å². The van der Waals surface area contributed by atoms with Crippen molar-refractivity contribution >= 4 is 22.6 Å². The van der Waals surface area contributed by atoms with Crippen LogP contribution in [0.3, 0.4) is 0 Å². The molecule has 19 heavy (non-hydrogen) atoms. The summed E-state index contributed by atoms with van der Waals surface area (Å²) < 4.78 is 4.94. The number of anilines is 1. The summed E-state index contributed by atoms with van der Waals surface area (Å²) in [6.45, 7) is 2.88. The average Bonchev–Trinajstić information content (AvgIpc) is 2.44. The lowest BCUT2D eigenvalue weighted by molar-refractivity contribution is -0.142. The van der Waals surface area contributed by atoms with E-state index in [1.54, 1.807) is 6.20 Å². The maximum absolute atomic E-state index is 11.4. The third kappa shape index (κ3) is 3.22. The first-order valence-corrected chi connectivity index (χ1v) is 6.43. The van der Waals surface area contributed by atoms with Crippen molar-refractivity contribution in [2.45, 2.75) is 13.3 Å².